The molecule has 1 atom stereocenters. The molecule has 1 N–H and O–H groups in total. The van der Waals surface area contributed by atoms with Crippen LogP contribution in [0.25, 0.3) is 11.5 Å². The molecule has 4 aromatic rings. The lowest BCUT2D eigenvalue weighted by Gasteiger charge is -2.31. The summed E-state index contributed by atoms with van der Waals surface area (Å²) in [5.41, 5.74) is 4.83. The van der Waals surface area contributed by atoms with Crippen LogP contribution in [-0.4, -0.2) is 52.1 Å². The van der Waals surface area contributed by atoms with Crippen molar-refractivity contribution in [1.29, 1.82) is 0 Å². The largest absolute Gasteiger partial charge is 0.497 e. The molecule has 0 saturated carbocycles. The van der Waals surface area contributed by atoms with E-state index in [0.29, 0.717) is 26.3 Å². The van der Waals surface area contributed by atoms with Crippen LogP contribution in [0.15, 0.2) is 72.9 Å². The van der Waals surface area contributed by atoms with E-state index < -0.39 is 0 Å². The topological polar surface area (TPSA) is 73.5 Å². The number of fused-ring (bicyclic) bond motifs is 3. The summed E-state index contributed by atoms with van der Waals surface area (Å²) >= 11 is 0. The third kappa shape index (κ3) is 4.84. The maximum atomic E-state index is 13.8. The van der Waals surface area contributed by atoms with E-state index in [1.807, 2.05) is 90.3 Å². The zero-order chi connectivity index (χ0) is 25.8. The number of nitrogens with one attached hydrogen (secondary N) is 1. The van der Waals surface area contributed by atoms with E-state index >= 15 is 0 Å². The number of nitrogens with zero attached hydrogens (tertiary/aromatic N) is 4. The Hall–Kier alpha value is -4.04. The van der Waals surface area contributed by atoms with Crippen molar-refractivity contribution in [3.8, 4) is 17.3 Å². The molecule has 37 heavy (non-hydrogen) atoms. The monoisotopic (exact) mass is 499 g/mol. The number of amides is 2. The third-order valence-electron chi connectivity index (χ3n) is 6.70. The van der Waals surface area contributed by atoms with Crippen molar-refractivity contribution in [3.63, 3.8) is 0 Å². The fraction of sp³-hybridized carbons (Fsp3) is 0.310. The number of methoxy groups -OCH3 is 1. The zero-order valence-corrected chi connectivity index (χ0v) is 21.6. The number of hydrogen-bond donors (Lipinski definition) is 1. The van der Waals surface area contributed by atoms with Crippen molar-refractivity contribution < 1.29 is 14.3 Å². The second-order valence-corrected chi connectivity index (χ2v) is 9.03. The van der Waals surface area contributed by atoms with E-state index in [0.717, 1.165) is 46.2 Å². The first-order chi connectivity index (χ1) is 18.1. The van der Waals surface area contributed by atoms with E-state index in [1.165, 1.54) is 0 Å². The molecule has 2 aromatic heterocycles. The molecular weight excluding hydrogens is 466 g/mol. The maximum absolute atomic E-state index is 13.8. The molecule has 0 radical (unpaired) electrons. The van der Waals surface area contributed by atoms with Crippen LogP contribution in [0.1, 0.15) is 41.9 Å². The van der Waals surface area contributed by atoms with Crippen molar-refractivity contribution in [2.75, 3.05) is 26.9 Å². The minimum atomic E-state index is -0.326. The molecule has 1 aliphatic heterocycles. The number of carbonyl (C=O) groups is 1. The molecule has 5 rings (SSSR count). The van der Waals surface area contributed by atoms with E-state index in [2.05, 4.69) is 16.0 Å². The number of para-hydroxylation sites is 1. The highest BCUT2D eigenvalue weighted by molar-refractivity contribution is 5.76. The van der Waals surface area contributed by atoms with Gasteiger partial charge in [-0.25, -0.2) is 9.48 Å². The number of aryl methyl sites for hydroxylation is 1. The summed E-state index contributed by atoms with van der Waals surface area (Å²) in [4.78, 5) is 15.7. The lowest BCUT2D eigenvalue weighted by molar-refractivity contribution is 0.143. The molecule has 2 aromatic carbocycles. The summed E-state index contributed by atoms with van der Waals surface area (Å²) in [6, 6.07) is 21.7. The number of urea groups is 1. The van der Waals surface area contributed by atoms with Crippen LogP contribution in [-0.2, 0) is 11.3 Å². The van der Waals surface area contributed by atoms with Gasteiger partial charge < -0.3 is 24.3 Å². The molecular formula is C29H33N5O3. The number of carbonyl (C=O) groups excluding carboxylic acids is 1. The summed E-state index contributed by atoms with van der Waals surface area (Å²) < 4.78 is 15.1. The Morgan fingerprint density at radius 2 is 1.95 bits per heavy atom. The predicted octanol–water partition coefficient (Wildman–Crippen LogP) is 5.02. The molecule has 0 fully saturated rings. The highest BCUT2D eigenvalue weighted by Gasteiger charge is 2.36. The van der Waals surface area contributed by atoms with Gasteiger partial charge in [0.15, 0.2) is 0 Å². The Morgan fingerprint density at radius 1 is 1.11 bits per heavy atom. The molecule has 0 spiro atoms. The maximum Gasteiger partial charge on any atom is 0.318 e. The minimum absolute atomic E-state index is 0.128. The van der Waals surface area contributed by atoms with Gasteiger partial charge in [-0.05, 0) is 62.2 Å². The quantitative estimate of drug-likeness (QED) is 0.346. The summed E-state index contributed by atoms with van der Waals surface area (Å²) in [7, 11) is 1.66. The number of aromatic nitrogens is 3. The minimum Gasteiger partial charge on any atom is -0.497 e. The average molecular weight is 500 g/mol. The molecule has 8 nitrogen and oxygen atoms in total. The van der Waals surface area contributed by atoms with Crippen LogP contribution < -0.4 is 10.1 Å². The Balaban J connectivity index is 1.62. The van der Waals surface area contributed by atoms with Gasteiger partial charge in [0, 0.05) is 31.5 Å². The van der Waals surface area contributed by atoms with Crippen LogP contribution >= 0.6 is 0 Å². The molecule has 0 aliphatic carbocycles. The van der Waals surface area contributed by atoms with Gasteiger partial charge in [-0.3, -0.25) is 0 Å². The standard InChI is InChI=1S/C29H33N5O3/c1-4-37-18-10-16-30-29(35)33-20-25-21(2)31-34(23-12-6-5-7-13-23)28(25)32-17-9-15-26(32)27(33)22-11-8-14-24(19-22)36-3/h5-9,11-15,17,19,27H,4,10,16,18,20H2,1-3H3,(H,30,35)/t27-/m0/s1. The number of rotatable bonds is 8. The van der Waals surface area contributed by atoms with Crippen LogP contribution in [0.3, 0.4) is 0 Å². The summed E-state index contributed by atoms with van der Waals surface area (Å²) in [5.74, 6) is 1.70. The van der Waals surface area contributed by atoms with Gasteiger partial charge >= 0.3 is 6.03 Å². The zero-order valence-electron chi connectivity index (χ0n) is 21.6. The Kier molecular flexibility index (Phi) is 7.28. The van der Waals surface area contributed by atoms with Crippen LogP contribution in [0, 0.1) is 6.92 Å². The number of benzene rings is 2. The fourth-order valence-corrected chi connectivity index (χ4v) is 4.93. The molecule has 0 bridgehead atoms. The second-order valence-electron chi connectivity index (χ2n) is 9.03. The van der Waals surface area contributed by atoms with Crippen molar-refractivity contribution >= 4 is 6.03 Å². The lowest BCUT2D eigenvalue weighted by atomic mass is 10.0. The van der Waals surface area contributed by atoms with E-state index in [9.17, 15) is 4.79 Å². The highest BCUT2D eigenvalue weighted by atomic mass is 16.5. The van der Waals surface area contributed by atoms with E-state index in [-0.39, 0.29) is 12.1 Å². The van der Waals surface area contributed by atoms with Gasteiger partial charge in [0.05, 0.1) is 36.8 Å². The van der Waals surface area contributed by atoms with Gasteiger partial charge in [0.2, 0.25) is 0 Å². The van der Waals surface area contributed by atoms with Crippen molar-refractivity contribution in [2.24, 2.45) is 0 Å². The summed E-state index contributed by atoms with van der Waals surface area (Å²) in [5, 5.41) is 8.02. The average Bonchev–Trinajstić information content (AvgIpc) is 3.49. The normalized spacial score (nSPS) is 14.6. The van der Waals surface area contributed by atoms with E-state index in [1.54, 1.807) is 7.11 Å². The van der Waals surface area contributed by atoms with Crippen LogP contribution in [0.2, 0.25) is 0 Å². The van der Waals surface area contributed by atoms with E-state index in [4.69, 9.17) is 14.6 Å². The first kappa shape index (κ1) is 24.6. The molecule has 0 unspecified atom stereocenters. The van der Waals surface area contributed by atoms with Gasteiger partial charge in [0.25, 0.3) is 0 Å². The smallest absolute Gasteiger partial charge is 0.318 e. The fourth-order valence-electron chi connectivity index (χ4n) is 4.93. The molecule has 192 valence electrons. The molecule has 8 heteroatoms. The molecule has 1 aliphatic rings. The van der Waals surface area contributed by atoms with Crippen molar-refractivity contribution in [1.82, 2.24) is 24.6 Å². The predicted molar refractivity (Wildman–Crippen MR) is 143 cm³/mol. The Bertz CT molecular complexity index is 1360. The Morgan fingerprint density at radius 3 is 2.73 bits per heavy atom. The SMILES string of the molecule is CCOCCCNC(=O)N1Cc2c(C)nn(-c3ccccc3)c2-n2cccc2[C@@H]1c1cccc(OC)c1. The summed E-state index contributed by atoms with van der Waals surface area (Å²) in [6.07, 6.45) is 2.80. The van der Waals surface area contributed by atoms with Crippen LogP contribution in [0.5, 0.6) is 5.75 Å². The molecule has 0 saturated heterocycles. The number of ether oxygens (including phenoxy) is 2. The molecule has 2 amide bonds. The second kappa shape index (κ2) is 10.9. The number of hydrogen-bond acceptors (Lipinski definition) is 4. The first-order valence-corrected chi connectivity index (χ1v) is 12.7. The summed E-state index contributed by atoms with van der Waals surface area (Å²) in [6.45, 7) is 6.21. The Labute approximate surface area is 217 Å². The lowest BCUT2D eigenvalue weighted by Crippen LogP contribution is -2.42. The van der Waals surface area contributed by atoms with Gasteiger partial charge in [0.1, 0.15) is 11.6 Å². The van der Waals surface area contributed by atoms with Crippen molar-refractivity contribution in [3.05, 3.63) is 95.4 Å². The van der Waals surface area contributed by atoms with Gasteiger partial charge in [-0.15, -0.1) is 0 Å². The van der Waals surface area contributed by atoms with Crippen LogP contribution in [0.4, 0.5) is 4.79 Å². The van der Waals surface area contributed by atoms with Crippen molar-refractivity contribution in [2.45, 2.75) is 32.9 Å². The first-order valence-electron chi connectivity index (χ1n) is 12.7. The van der Waals surface area contributed by atoms with Gasteiger partial charge in [-0.1, -0.05) is 30.3 Å². The highest BCUT2D eigenvalue weighted by Crippen LogP contribution is 2.39. The van der Waals surface area contributed by atoms with Gasteiger partial charge in [-0.2, -0.15) is 5.10 Å². The molecule has 3 heterocycles. The third-order valence-corrected chi connectivity index (χ3v) is 6.70.